The number of thiophene rings is 1. The summed E-state index contributed by atoms with van der Waals surface area (Å²) in [6, 6.07) is 3.51. The van der Waals surface area contributed by atoms with Crippen LogP contribution < -0.4 is 5.32 Å². The standard InChI is InChI=1S/C14H22Cl2N2S/c1-4-10-8-18(11(5-2)7-17-10)9(3)12-6-13(15)19-14(12)16/h6,9-11,17H,4-5,7-8H2,1-3H3. The zero-order chi connectivity index (χ0) is 14.0. The number of hydrogen-bond acceptors (Lipinski definition) is 3. The van der Waals surface area contributed by atoms with Gasteiger partial charge in [-0.05, 0) is 25.8 Å². The number of nitrogens with one attached hydrogen (secondary N) is 1. The highest BCUT2D eigenvalue weighted by atomic mass is 35.5. The summed E-state index contributed by atoms with van der Waals surface area (Å²) in [6.07, 6.45) is 2.32. The lowest BCUT2D eigenvalue weighted by atomic mass is 10.0. The van der Waals surface area contributed by atoms with Gasteiger partial charge in [0.1, 0.15) is 0 Å². The van der Waals surface area contributed by atoms with Crippen molar-refractivity contribution in [3.63, 3.8) is 0 Å². The van der Waals surface area contributed by atoms with Crippen LogP contribution in [0.4, 0.5) is 0 Å². The smallest absolute Gasteiger partial charge is 0.0991 e. The van der Waals surface area contributed by atoms with Gasteiger partial charge in [0.15, 0.2) is 0 Å². The van der Waals surface area contributed by atoms with E-state index in [9.17, 15) is 0 Å². The maximum atomic E-state index is 6.31. The van der Waals surface area contributed by atoms with Gasteiger partial charge in [-0.1, -0.05) is 37.0 Å². The normalized spacial score (nSPS) is 26.6. The number of hydrogen-bond donors (Lipinski definition) is 1. The molecule has 3 atom stereocenters. The average molecular weight is 321 g/mol. The van der Waals surface area contributed by atoms with Crippen molar-refractivity contribution in [1.82, 2.24) is 10.2 Å². The lowest BCUT2D eigenvalue weighted by molar-refractivity contribution is 0.0852. The molecule has 5 heteroatoms. The quantitative estimate of drug-likeness (QED) is 0.873. The zero-order valence-corrected chi connectivity index (χ0v) is 14.1. The van der Waals surface area contributed by atoms with E-state index in [0.717, 1.165) is 34.6 Å². The maximum absolute atomic E-state index is 6.31. The molecule has 0 bridgehead atoms. The van der Waals surface area contributed by atoms with Crippen LogP contribution in [0.3, 0.4) is 0 Å². The highest BCUT2D eigenvalue weighted by molar-refractivity contribution is 7.20. The van der Waals surface area contributed by atoms with Crippen molar-refractivity contribution in [3.05, 3.63) is 20.3 Å². The molecule has 0 radical (unpaired) electrons. The number of piperazine rings is 1. The van der Waals surface area contributed by atoms with Gasteiger partial charge in [-0.25, -0.2) is 0 Å². The van der Waals surface area contributed by atoms with Crippen molar-refractivity contribution in [3.8, 4) is 0 Å². The summed E-state index contributed by atoms with van der Waals surface area (Å²) >= 11 is 13.9. The molecule has 2 rings (SSSR count). The van der Waals surface area contributed by atoms with Crippen LogP contribution in [0, 0.1) is 0 Å². The summed E-state index contributed by atoms with van der Waals surface area (Å²) in [4.78, 5) is 2.58. The molecule has 0 saturated carbocycles. The Bertz CT molecular complexity index is 422. The molecule has 1 aromatic rings. The Morgan fingerprint density at radius 1 is 1.42 bits per heavy atom. The Kier molecular flexibility index (Phi) is 5.55. The lowest BCUT2D eigenvalue weighted by Crippen LogP contribution is -2.56. The molecule has 2 nitrogen and oxygen atoms in total. The van der Waals surface area contributed by atoms with Gasteiger partial charge in [0.05, 0.1) is 8.67 Å². The third-order valence-electron chi connectivity index (χ3n) is 4.14. The van der Waals surface area contributed by atoms with Crippen molar-refractivity contribution >= 4 is 34.5 Å². The Morgan fingerprint density at radius 2 is 2.16 bits per heavy atom. The van der Waals surface area contributed by atoms with E-state index in [1.54, 1.807) is 0 Å². The molecule has 1 saturated heterocycles. The van der Waals surface area contributed by atoms with Crippen molar-refractivity contribution < 1.29 is 0 Å². The third kappa shape index (κ3) is 3.45. The molecule has 0 aromatic carbocycles. The number of rotatable bonds is 4. The van der Waals surface area contributed by atoms with E-state index in [0.29, 0.717) is 18.1 Å². The molecular weight excluding hydrogens is 299 g/mol. The monoisotopic (exact) mass is 320 g/mol. The van der Waals surface area contributed by atoms with Crippen LogP contribution >= 0.6 is 34.5 Å². The Morgan fingerprint density at radius 3 is 2.68 bits per heavy atom. The first kappa shape index (κ1) is 15.6. The molecule has 1 fully saturated rings. The van der Waals surface area contributed by atoms with Crippen LogP contribution in [0.25, 0.3) is 0 Å². The summed E-state index contributed by atoms with van der Waals surface area (Å²) in [5, 5.41) is 3.63. The molecule has 0 aliphatic carbocycles. The topological polar surface area (TPSA) is 15.3 Å². The minimum Gasteiger partial charge on any atom is -0.311 e. The largest absolute Gasteiger partial charge is 0.311 e. The van der Waals surface area contributed by atoms with E-state index in [4.69, 9.17) is 23.2 Å². The molecular formula is C14H22Cl2N2S. The second-order valence-corrected chi connectivity index (χ2v) is 7.51. The van der Waals surface area contributed by atoms with Gasteiger partial charge in [0, 0.05) is 36.8 Å². The first-order valence-electron chi connectivity index (χ1n) is 7.00. The van der Waals surface area contributed by atoms with Gasteiger partial charge in [0.25, 0.3) is 0 Å². The van der Waals surface area contributed by atoms with Gasteiger partial charge >= 0.3 is 0 Å². The molecule has 1 aliphatic heterocycles. The van der Waals surface area contributed by atoms with Crippen molar-refractivity contribution in [2.45, 2.75) is 51.7 Å². The average Bonchev–Trinajstić information content (AvgIpc) is 2.76. The van der Waals surface area contributed by atoms with Crippen molar-refractivity contribution in [2.24, 2.45) is 0 Å². The third-order valence-corrected chi connectivity index (χ3v) is 5.66. The molecule has 1 N–H and O–H groups in total. The predicted molar refractivity (Wildman–Crippen MR) is 85.6 cm³/mol. The van der Waals surface area contributed by atoms with Crippen LogP contribution in [0.2, 0.25) is 8.67 Å². The minimum atomic E-state index is 0.331. The second-order valence-electron chi connectivity index (χ2n) is 5.23. The molecule has 108 valence electrons. The lowest BCUT2D eigenvalue weighted by Gasteiger charge is -2.43. The summed E-state index contributed by atoms with van der Waals surface area (Å²) in [5.41, 5.74) is 1.17. The Hall–Kier alpha value is 0.200. The predicted octanol–water partition coefficient (Wildman–Crippen LogP) is 4.58. The van der Waals surface area contributed by atoms with Crippen molar-refractivity contribution in [1.29, 1.82) is 0 Å². The van der Waals surface area contributed by atoms with Crippen LogP contribution in [-0.4, -0.2) is 30.1 Å². The second kappa shape index (κ2) is 6.77. The zero-order valence-electron chi connectivity index (χ0n) is 11.7. The molecule has 1 aliphatic rings. The first-order valence-corrected chi connectivity index (χ1v) is 8.57. The summed E-state index contributed by atoms with van der Waals surface area (Å²) in [6.45, 7) is 8.88. The van der Waals surface area contributed by atoms with Gasteiger partial charge in [-0.15, -0.1) is 11.3 Å². The van der Waals surface area contributed by atoms with Crippen LogP contribution in [0.15, 0.2) is 6.07 Å². The van der Waals surface area contributed by atoms with Gasteiger partial charge in [0.2, 0.25) is 0 Å². The number of nitrogens with zero attached hydrogens (tertiary/aromatic N) is 1. The SMILES string of the molecule is CCC1CN(C(C)c2cc(Cl)sc2Cl)C(CC)CN1. The summed E-state index contributed by atoms with van der Waals surface area (Å²) in [7, 11) is 0. The van der Waals surface area contributed by atoms with E-state index in [1.807, 2.05) is 6.07 Å². The molecule has 2 heterocycles. The summed E-state index contributed by atoms with van der Waals surface area (Å²) < 4.78 is 1.61. The fourth-order valence-electron chi connectivity index (χ4n) is 2.83. The van der Waals surface area contributed by atoms with Crippen LogP contribution in [0.1, 0.15) is 45.2 Å². The molecule has 19 heavy (non-hydrogen) atoms. The molecule has 0 spiro atoms. The van der Waals surface area contributed by atoms with E-state index in [-0.39, 0.29) is 0 Å². The molecule has 0 amide bonds. The highest BCUT2D eigenvalue weighted by Gasteiger charge is 2.31. The first-order chi connectivity index (χ1) is 9.06. The van der Waals surface area contributed by atoms with Gasteiger partial charge in [-0.2, -0.15) is 0 Å². The maximum Gasteiger partial charge on any atom is 0.0991 e. The minimum absolute atomic E-state index is 0.331. The van der Waals surface area contributed by atoms with Crippen LogP contribution in [0.5, 0.6) is 0 Å². The Balaban J connectivity index is 2.18. The fraction of sp³-hybridized carbons (Fsp3) is 0.714. The van der Waals surface area contributed by atoms with E-state index >= 15 is 0 Å². The molecule has 3 unspecified atom stereocenters. The van der Waals surface area contributed by atoms with E-state index < -0.39 is 0 Å². The van der Waals surface area contributed by atoms with Crippen molar-refractivity contribution in [2.75, 3.05) is 13.1 Å². The molecule has 1 aromatic heterocycles. The fourth-order valence-corrected chi connectivity index (χ4v) is 4.46. The van der Waals surface area contributed by atoms with E-state index in [2.05, 4.69) is 31.0 Å². The Labute approximate surface area is 130 Å². The van der Waals surface area contributed by atoms with Gasteiger partial charge < -0.3 is 5.32 Å². The summed E-state index contributed by atoms with van der Waals surface area (Å²) in [5.74, 6) is 0. The highest BCUT2D eigenvalue weighted by Crippen LogP contribution is 2.38. The van der Waals surface area contributed by atoms with E-state index in [1.165, 1.54) is 16.9 Å². The number of halogens is 2. The van der Waals surface area contributed by atoms with Crippen LogP contribution in [-0.2, 0) is 0 Å². The van der Waals surface area contributed by atoms with Gasteiger partial charge in [-0.3, -0.25) is 4.90 Å².